The molecule has 8 nitrogen and oxygen atoms in total. The van der Waals surface area contributed by atoms with Gasteiger partial charge in [0.25, 0.3) is 5.91 Å². The Morgan fingerprint density at radius 1 is 0.959 bits per heavy atom. The topological polar surface area (TPSA) is 88.0 Å². The van der Waals surface area contributed by atoms with Crippen molar-refractivity contribution in [2.75, 3.05) is 16.8 Å². The number of halogens is 6. The highest BCUT2D eigenvalue weighted by molar-refractivity contribution is 6.10. The Balaban J connectivity index is 1.31. The summed E-state index contributed by atoms with van der Waals surface area (Å²) in [6.07, 6.45) is -1.99. The average Bonchev–Trinajstić information content (AvgIpc) is 3.67. The van der Waals surface area contributed by atoms with Gasteiger partial charge >= 0.3 is 12.4 Å². The Morgan fingerprint density at radius 2 is 1.73 bits per heavy atom. The zero-order valence-corrected chi connectivity index (χ0v) is 27.0. The molecular weight excluding hydrogens is 648 g/mol. The van der Waals surface area contributed by atoms with E-state index >= 15 is 0 Å². The predicted molar refractivity (Wildman–Crippen MR) is 172 cm³/mol. The van der Waals surface area contributed by atoms with Crippen LogP contribution in [0, 0.1) is 5.92 Å². The standard InChI is InChI=1S/C35H35F6N7O/c1-33(9-3-10-33)43-17-21-12-26-27(28(13-21)35(39,40)41)18-48(32(26)49)30-15-22(14-29(45-30)42-11-8-20-4-5-20)25-16-23(34(36,37)38)6-7-24(25)31-46-44-19-47(31)2/h6-7,12-16,19-20,43H,3-5,8-11,17-18H2,1-2H3,(H,42,45). The zero-order valence-electron chi connectivity index (χ0n) is 27.0. The van der Waals surface area contributed by atoms with Gasteiger partial charge in [-0.3, -0.25) is 9.69 Å². The maximum absolute atomic E-state index is 14.5. The minimum absolute atomic E-state index is 0.0173. The molecule has 1 amide bonds. The Bertz CT molecular complexity index is 1910. The lowest BCUT2D eigenvalue weighted by Gasteiger charge is -2.39. The Labute approximate surface area is 278 Å². The molecule has 4 aromatic rings. The highest BCUT2D eigenvalue weighted by atomic mass is 19.4. The first-order valence-corrected chi connectivity index (χ1v) is 16.3. The van der Waals surface area contributed by atoms with Crippen molar-refractivity contribution < 1.29 is 31.1 Å². The first-order valence-electron chi connectivity index (χ1n) is 16.3. The van der Waals surface area contributed by atoms with Crippen LogP contribution in [0.4, 0.5) is 38.0 Å². The zero-order chi connectivity index (χ0) is 34.7. The van der Waals surface area contributed by atoms with Gasteiger partial charge in [-0.1, -0.05) is 12.8 Å². The van der Waals surface area contributed by atoms with Gasteiger partial charge in [-0.05, 0) is 103 Å². The summed E-state index contributed by atoms with van der Waals surface area (Å²) in [6, 6.07) is 8.90. The highest BCUT2D eigenvalue weighted by Crippen LogP contribution is 2.43. The van der Waals surface area contributed by atoms with Crippen LogP contribution in [-0.4, -0.2) is 37.7 Å². The fourth-order valence-corrected chi connectivity index (χ4v) is 6.60. The van der Waals surface area contributed by atoms with Gasteiger partial charge in [0.2, 0.25) is 0 Å². The molecule has 3 aliphatic rings. The summed E-state index contributed by atoms with van der Waals surface area (Å²) >= 11 is 0. The summed E-state index contributed by atoms with van der Waals surface area (Å²) in [5, 5.41) is 14.6. The molecule has 0 saturated heterocycles. The molecule has 2 aliphatic carbocycles. The number of hydrogen-bond acceptors (Lipinski definition) is 6. The van der Waals surface area contributed by atoms with Gasteiger partial charge in [0.15, 0.2) is 5.82 Å². The number of carbonyl (C=O) groups excluding carboxylic acids is 1. The quantitative estimate of drug-likeness (QED) is 0.165. The number of aryl methyl sites for hydroxylation is 1. The molecule has 2 aromatic carbocycles. The molecular formula is C35H35F6N7O. The van der Waals surface area contributed by atoms with Gasteiger partial charge in [-0.2, -0.15) is 26.3 Å². The Kier molecular flexibility index (Phi) is 8.19. The molecule has 1 aliphatic heterocycles. The number of hydrogen-bond donors (Lipinski definition) is 2. The fourth-order valence-electron chi connectivity index (χ4n) is 6.60. The second kappa shape index (κ2) is 12.1. The van der Waals surface area contributed by atoms with E-state index in [2.05, 4.69) is 25.8 Å². The molecule has 258 valence electrons. The number of anilines is 2. The molecule has 0 spiro atoms. The molecule has 14 heteroatoms. The number of benzene rings is 2. The molecule has 0 bridgehead atoms. The van der Waals surface area contributed by atoms with Crippen molar-refractivity contribution >= 4 is 17.5 Å². The first kappa shape index (κ1) is 33.1. The van der Waals surface area contributed by atoms with Crippen LogP contribution in [0.15, 0.2) is 48.8 Å². The largest absolute Gasteiger partial charge is 0.416 e. The van der Waals surface area contributed by atoms with Crippen LogP contribution in [0.2, 0.25) is 0 Å². The van der Waals surface area contributed by atoms with Crippen molar-refractivity contribution in [2.24, 2.45) is 13.0 Å². The minimum Gasteiger partial charge on any atom is -0.370 e. The summed E-state index contributed by atoms with van der Waals surface area (Å²) in [5.74, 6) is 0.522. The number of nitrogens with one attached hydrogen (secondary N) is 2. The molecule has 7 rings (SSSR count). The molecule has 49 heavy (non-hydrogen) atoms. The van der Waals surface area contributed by atoms with Crippen LogP contribution in [0.1, 0.15) is 78.1 Å². The monoisotopic (exact) mass is 683 g/mol. The van der Waals surface area contributed by atoms with E-state index in [4.69, 9.17) is 0 Å². The van der Waals surface area contributed by atoms with E-state index in [1.165, 1.54) is 24.5 Å². The van der Waals surface area contributed by atoms with Crippen LogP contribution < -0.4 is 15.5 Å². The second-order valence-electron chi connectivity index (χ2n) is 13.6. The number of aromatic nitrogens is 4. The molecule has 0 unspecified atom stereocenters. The minimum atomic E-state index is -4.72. The number of fused-ring (bicyclic) bond motifs is 1. The van der Waals surface area contributed by atoms with Gasteiger partial charge in [0.1, 0.15) is 18.0 Å². The van der Waals surface area contributed by atoms with Crippen molar-refractivity contribution in [3.05, 3.63) is 76.6 Å². The van der Waals surface area contributed by atoms with Crippen LogP contribution >= 0.6 is 0 Å². The number of carbonyl (C=O) groups is 1. The molecule has 0 atom stereocenters. The third-order valence-corrected chi connectivity index (χ3v) is 9.84. The van der Waals surface area contributed by atoms with E-state index < -0.39 is 35.9 Å². The van der Waals surface area contributed by atoms with E-state index in [1.807, 2.05) is 6.92 Å². The predicted octanol–water partition coefficient (Wildman–Crippen LogP) is 7.99. The lowest BCUT2D eigenvalue weighted by molar-refractivity contribution is -0.138. The van der Waals surface area contributed by atoms with Gasteiger partial charge in [-0.25, -0.2) is 4.98 Å². The summed E-state index contributed by atoms with van der Waals surface area (Å²) in [4.78, 5) is 19.7. The van der Waals surface area contributed by atoms with Crippen molar-refractivity contribution in [3.8, 4) is 22.5 Å². The average molecular weight is 684 g/mol. The molecule has 2 N–H and O–H groups in total. The third kappa shape index (κ3) is 6.75. The maximum atomic E-state index is 14.5. The molecule has 2 fully saturated rings. The third-order valence-electron chi connectivity index (χ3n) is 9.84. The Hall–Kier alpha value is -4.46. The number of nitrogens with zero attached hydrogens (tertiary/aromatic N) is 5. The Morgan fingerprint density at radius 3 is 2.37 bits per heavy atom. The number of alkyl halides is 6. The van der Waals surface area contributed by atoms with Crippen molar-refractivity contribution in [1.82, 2.24) is 25.1 Å². The normalized spacial score (nSPS) is 17.3. The van der Waals surface area contributed by atoms with Gasteiger partial charge < -0.3 is 15.2 Å². The van der Waals surface area contributed by atoms with E-state index in [0.717, 1.165) is 61.6 Å². The van der Waals surface area contributed by atoms with Crippen LogP contribution in [-0.2, 0) is 32.5 Å². The summed E-state index contributed by atoms with van der Waals surface area (Å²) in [7, 11) is 1.66. The molecule has 3 heterocycles. The van der Waals surface area contributed by atoms with E-state index in [-0.39, 0.29) is 46.0 Å². The van der Waals surface area contributed by atoms with Gasteiger partial charge in [-0.15, -0.1) is 10.2 Å². The number of pyridine rings is 1. The van der Waals surface area contributed by atoms with E-state index in [0.29, 0.717) is 29.4 Å². The first-order chi connectivity index (χ1) is 23.2. The highest BCUT2D eigenvalue weighted by Gasteiger charge is 2.41. The van der Waals surface area contributed by atoms with E-state index in [9.17, 15) is 31.1 Å². The fraction of sp³-hybridized carbons (Fsp3) is 0.429. The number of rotatable bonds is 10. The van der Waals surface area contributed by atoms with Crippen molar-refractivity contribution in [3.63, 3.8) is 0 Å². The second-order valence-corrected chi connectivity index (χ2v) is 13.6. The van der Waals surface area contributed by atoms with Crippen molar-refractivity contribution in [2.45, 2.75) is 76.4 Å². The van der Waals surface area contributed by atoms with Crippen LogP contribution in [0.25, 0.3) is 22.5 Å². The van der Waals surface area contributed by atoms with Gasteiger partial charge in [0.05, 0.1) is 17.7 Å². The van der Waals surface area contributed by atoms with E-state index in [1.54, 1.807) is 17.7 Å². The molecule has 0 radical (unpaired) electrons. The lowest BCUT2D eigenvalue weighted by atomic mass is 9.78. The maximum Gasteiger partial charge on any atom is 0.416 e. The summed E-state index contributed by atoms with van der Waals surface area (Å²) < 4.78 is 86.9. The summed E-state index contributed by atoms with van der Waals surface area (Å²) in [6.45, 7) is 2.33. The summed E-state index contributed by atoms with van der Waals surface area (Å²) in [5.41, 5.74) is -1.06. The van der Waals surface area contributed by atoms with Crippen LogP contribution in [0.3, 0.4) is 0 Å². The lowest BCUT2D eigenvalue weighted by Crippen LogP contribution is -2.47. The van der Waals surface area contributed by atoms with Crippen molar-refractivity contribution in [1.29, 1.82) is 0 Å². The smallest absolute Gasteiger partial charge is 0.370 e. The molecule has 2 saturated carbocycles. The molecule has 2 aromatic heterocycles. The SMILES string of the molecule is Cn1cnnc1-c1ccc(C(F)(F)F)cc1-c1cc(NCCC2CC2)nc(N2Cc3c(cc(CNC4(C)CCC4)cc3C(F)(F)F)C2=O)c1. The number of amides is 1. The van der Waals surface area contributed by atoms with Gasteiger partial charge in [0, 0.05) is 36.8 Å². The van der Waals surface area contributed by atoms with Crippen LogP contribution in [0.5, 0.6) is 0 Å².